The van der Waals surface area contributed by atoms with Crippen molar-refractivity contribution >= 4 is 19.8 Å². The summed E-state index contributed by atoms with van der Waals surface area (Å²) < 4.78 is 58.9. The average Bonchev–Trinajstić information content (AvgIpc) is 3.07. The van der Waals surface area contributed by atoms with Crippen molar-refractivity contribution < 1.29 is 51.4 Å². The van der Waals surface area contributed by atoms with Gasteiger partial charge in [-0.1, -0.05) is 27.7 Å². The summed E-state index contributed by atoms with van der Waals surface area (Å²) in [5.41, 5.74) is -5.67. The van der Waals surface area contributed by atoms with Gasteiger partial charge < -0.3 is 19.3 Å². The Morgan fingerprint density at radius 3 is 2.16 bits per heavy atom. The molecular weight excluding hydrogens is 522 g/mol. The maximum atomic E-state index is 14.4. The highest BCUT2D eigenvalue weighted by Gasteiger charge is 2.58. The third-order valence-corrected chi connectivity index (χ3v) is 6.80. The zero-order valence-corrected chi connectivity index (χ0v) is 22.0. The Labute approximate surface area is 211 Å². The Hall–Kier alpha value is -2.42. The summed E-state index contributed by atoms with van der Waals surface area (Å²) in [6.07, 6.45) is -0.421. The number of nitrogens with zero attached hydrogens (tertiary/aromatic N) is 1. The van der Waals surface area contributed by atoms with Crippen molar-refractivity contribution in [2.24, 2.45) is 11.8 Å². The fourth-order valence-electron chi connectivity index (χ4n) is 3.09. The lowest BCUT2D eigenvalue weighted by molar-refractivity contribution is -0.171. The number of H-pyrrole nitrogens is 1. The largest absolute Gasteiger partial charge is 0.480 e. The van der Waals surface area contributed by atoms with Crippen LogP contribution in [0.2, 0.25) is 0 Å². The number of carbonyl (C=O) groups excluding carboxylic acids is 2. The number of aromatic nitrogens is 2. The van der Waals surface area contributed by atoms with Gasteiger partial charge in [0, 0.05) is 18.7 Å². The van der Waals surface area contributed by atoms with E-state index in [9.17, 15) is 33.2 Å². The summed E-state index contributed by atoms with van der Waals surface area (Å²) in [7, 11) is -4.69. The van der Waals surface area contributed by atoms with Crippen molar-refractivity contribution in [3.05, 3.63) is 33.1 Å². The van der Waals surface area contributed by atoms with Gasteiger partial charge in [-0.15, -0.1) is 0 Å². The number of esters is 2. The number of alkyl halides is 1. The van der Waals surface area contributed by atoms with Crippen LogP contribution in [0.3, 0.4) is 0 Å². The molecule has 1 aromatic rings. The monoisotopic (exact) mass is 554 g/mol. The molecule has 1 aliphatic heterocycles. The van der Waals surface area contributed by atoms with Gasteiger partial charge in [0.1, 0.15) is 18.5 Å². The van der Waals surface area contributed by atoms with Gasteiger partial charge in [0.25, 0.3) is 5.56 Å². The summed E-state index contributed by atoms with van der Waals surface area (Å²) in [6.45, 7) is 3.39. The van der Waals surface area contributed by atoms with Crippen LogP contribution in [0.15, 0.2) is 21.9 Å². The number of ether oxygens (including phenoxy) is 3. The normalized spacial score (nSPS) is 24.0. The predicted octanol–water partition coefficient (Wildman–Crippen LogP) is 1.39. The van der Waals surface area contributed by atoms with Gasteiger partial charge >= 0.3 is 25.5 Å². The van der Waals surface area contributed by atoms with E-state index in [1.165, 1.54) is 6.92 Å². The molecular formula is C21H32FN2O12P. The molecule has 0 radical (unpaired) electrons. The summed E-state index contributed by atoms with van der Waals surface area (Å²) in [5.74, 6) is -2.42. The lowest BCUT2D eigenvalue weighted by Crippen LogP contribution is -2.54. The Morgan fingerprint density at radius 1 is 1.16 bits per heavy atom. The van der Waals surface area contributed by atoms with E-state index in [1.54, 1.807) is 27.7 Å². The second-order valence-corrected chi connectivity index (χ2v) is 10.8. The van der Waals surface area contributed by atoms with Crippen molar-refractivity contribution in [3.63, 3.8) is 0 Å². The van der Waals surface area contributed by atoms with Gasteiger partial charge in [0.15, 0.2) is 5.60 Å². The molecule has 1 fully saturated rings. The number of phosphoric acid groups is 1. The van der Waals surface area contributed by atoms with E-state index in [4.69, 9.17) is 27.8 Å². The highest BCUT2D eigenvalue weighted by Crippen LogP contribution is 2.53. The molecule has 1 aliphatic rings. The fourth-order valence-corrected chi connectivity index (χ4v) is 4.05. The smallest absolute Gasteiger partial charge is 0.438 e. The number of rotatable bonds is 13. The summed E-state index contributed by atoms with van der Waals surface area (Å²) in [6, 6.07) is 1.04. The highest BCUT2D eigenvalue weighted by molar-refractivity contribution is 7.48. The van der Waals surface area contributed by atoms with Gasteiger partial charge in [-0.25, -0.2) is 22.8 Å². The summed E-state index contributed by atoms with van der Waals surface area (Å²) in [4.78, 5) is 48.9. The Balaban J connectivity index is 2.21. The third-order valence-electron chi connectivity index (χ3n) is 5.52. The summed E-state index contributed by atoms with van der Waals surface area (Å²) in [5, 5.41) is 11.0. The highest BCUT2D eigenvalue weighted by atomic mass is 31.2. The first-order chi connectivity index (χ1) is 17.2. The lowest BCUT2D eigenvalue weighted by Gasteiger charge is -2.36. The lowest BCUT2D eigenvalue weighted by atomic mass is 9.85. The van der Waals surface area contributed by atoms with Crippen molar-refractivity contribution in [2.45, 2.75) is 58.5 Å². The Kier molecular flexibility index (Phi) is 10.3. The zero-order chi connectivity index (χ0) is 28.0. The van der Waals surface area contributed by atoms with Crippen LogP contribution < -0.4 is 11.2 Å². The van der Waals surface area contributed by atoms with E-state index in [1.807, 2.05) is 4.98 Å². The molecule has 1 saturated heterocycles. The SMILES string of the molecule is CC(C)C(=O)OCOP(=O)(OCOC(=O)C(C)C)OCC1(CF)OC(n2ccc(=O)[nH]c2=O)CC1(C)O. The number of aromatic amines is 1. The van der Waals surface area contributed by atoms with Crippen LogP contribution in [0.5, 0.6) is 0 Å². The minimum absolute atomic E-state index is 0.309. The fraction of sp³-hybridized carbons (Fsp3) is 0.714. The van der Waals surface area contributed by atoms with Crippen LogP contribution in [0, 0.1) is 11.8 Å². The molecule has 2 heterocycles. The molecule has 0 aromatic carbocycles. The second-order valence-electron chi connectivity index (χ2n) is 9.15. The predicted molar refractivity (Wildman–Crippen MR) is 123 cm³/mol. The molecule has 1 aromatic heterocycles. The third kappa shape index (κ3) is 7.79. The molecule has 16 heteroatoms. The Bertz CT molecular complexity index is 1090. The number of nitrogens with one attached hydrogen (secondary N) is 1. The first kappa shape index (κ1) is 30.8. The van der Waals surface area contributed by atoms with Crippen LogP contribution in [-0.4, -0.2) is 64.7 Å². The number of phosphoric ester groups is 1. The molecule has 2 rings (SSSR count). The molecule has 0 aliphatic carbocycles. The minimum atomic E-state index is -4.69. The average molecular weight is 554 g/mol. The molecule has 0 amide bonds. The van der Waals surface area contributed by atoms with E-state index in [-0.39, 0.29) is 6.42 Å². The van der Waals surface area contributed by atoms with E-state index in [2.05, 4.69) is 0 Å². The van der Waals surface area contributed by atoms with E-state index in [0.717, 1.165) is 16.8 Å². The molecule has 3 unspecified atom stereocenters. The number of aliphatic hydroxyl groups is 1. The zero-order valence-electron chi connectivity index (χ0n) is 21.1. The van der Waals surface area contributed by atoms with Crippen molar-refractivity contribution in [1.82, 2.24) is 9.55 Å². The van der Waals surface area contributed by atoms with E-state index >= 15 is 0 Å². The van der Waals surface area contributed by atoms with Gasteiger partial charge in [0.05, 0.1) is 18.4 Å². The van der Waals surface area contributed by atoms with Gasteiger partial charge in [0.2, 0.25) is 13.6 Å². The van der Waals surface area contributed by atoms with Crippen LogP contribution >= 0.6 is 7.82 Å². The van der Waals surface area contributed by atoms with Crippen LogP contribution in [0.1, 0.15) is 47.3 Å². The van der Waals surface area contributed by atoms with Crippen molar-refractivity contribution in [1.29, 1.82) is 0 Å². The van der Waals surface area contributed by atoms with Gasteiger partial charge in [-0.3, -0.25) is 28.5 Å². The van der Waals surface area contributed by atoms with Crippen LogP contribution in [0.4, 0.5) is 4.39 Å². The van der Waals surface area contributed by atoms with Crippen molar-refractivity contribution in [2.75, 3.05) is 26.9 Å². The summed E-state index contributed by atoms with van der Waals surface area (Å²) >= 11 is 0. The second kappa shape index (κ2) is 12.4. The maximum absolute atomic E-state index is 14.4. The molecule has 3 atom stereocenters. The number of halogens is 1. The molecule has 2 N–H and O–H groups in total. The first-order valence-corrected chi connectivity index (χ1v) is 12.8. The van der Waals surface area contributed by atoms with E-state index < -0.39 is 87.1 Å². The molecule has 0 bridgehead atoms. The molecule has 210 valence electrons. The molecule has 14 nitrogen and oxygen atoms in total. The standard InChI is InChI=1S/C21H32FN2O12P/c1-13(2)17(26)31-11-34-37(30,35-12-32-18(27)14(3)4)33-10-21(9-22)20(5,29)8-16(36-21)24-7-6-15(25)23-19(24)28/h6-7,13-14,16,29H,8-12H2,1-5H3,(H,23,25,28). The van der Waals surface area contributed by atoms with Crippen LogP contribution in [-0.2, 0) is 41.9 Å². The topological polar surface area (TPSA) is 182 Å². The number of carbonyl (C=O) groups is 2. The van der Waals surface area contributed by atoms with Gasteiger partial charge in [-0.2, -0.15) is 0 Å². The number of hydrogen-bond donors (Lipinski definition) is 2. The van der Waals surface area contributed by atoms with Crippen molar-refractivity contribution in [3.8, 4) is 0 Å². The Morgan fingerprint density at radius 2 is 1.70 bits per heavy atom. The minimum Gasteiger partial charge on any atom is -0.438 e. The van der Waals surface area contributed by atoms with E-state index in [0.29, 0.717) is 0 Å². The quantitative estimate of drug-likeness (QED) is 0.203. The number of hydrogen-bond acceptors (Lipinski definition) is 12. The van der Waals surface area contributed by atoms with Crippen LogP contribution in [0.25, 0.3) is 0 Å². The first-order valence-electron chi connectivity index (χ1n) is 11.3. The molecule has 37 heavy (non-hydrogen) atoms. The van der Waals surface area contributed by atoms with Gasteiger partial charge in [-0.05, 0) is 6.92 Å². The molecule has 0 saturated carbocycles. The molecule has 0 spiro atoms. The maximum Gasteiger partial charge on any atom is 0.480 e.